The molecule has 0 spiro atoms. The summed E-state index contributed by atoms with van der Waals surface area (Å²) in [5.74, 6) is 0.833. The van der Waals surface area contributed by atoms with Gasteiger partial charge in [0.15, 0.2) is 11.6 Å². The Hall–Kier alpha value is -3.24. The first kappa shape index (κ1) is 29.7. The van der Waals surface area contributed by atoms with Gasteiger partial charge in [-0.1, -0.05) is 58.4 Å². The standard InChI is InChI=1S/C31H37BrN4O4/c1-36(2)19-6-18-33-35-30(38)31(22-23-10-14-26(32)15-11-23)28(24-8-4-3-5-9-24)40-29(34-31)25-12-16-27(17-13-25)39-21-7-20-37/h3-5,8-17,28,33,37H,6-7,18-22H2,1-2H3,(H,35,38)/t28-,31-/m0/s1. The minimum Gasteiger partial charge on any atom is -0.494 e. The van der Waals surface area contributed by atoms with Gasteiger partial charge in [0.1, 0.15) is 5.75 Å². The van der Waals surface area contributed by atoms with Gasteiger partial charge in [-0.25, -0.2) is 10.4 Å². The molecule has 212 valence electrons. The summed E-state index contributed by atoms with van der Waals surface area (Å²) in [4.78, 5) is 21.2. The number of amides is 1. The average Bonchev–Trinajstić information content (AvgIpc) is 3.35. The number of hydrogen-bond donors (Lipinski definition) is 3. The molecular formula is C31H37BrN4O4. The van der Waals surface area contributed by atoms with Crippen LogP contribution in [0.15, 0.2) is 88.3 Å². The molecule has 2 atom stereocenters. The van der Waals surface area contributed by atoms with Crippen LogP contribution in [0.2, 0.25) is 0 Å². The van der Waals surface area contributed by atoms with Crippen LogP contribution in [0.25, 0.3) is 0 Å². The first-order valence-electron chi connectivity index (χ1n) is 13.5. The van der Waals surface area contributed by atoms with Gasteiger partial charge in [-0.2, -0.15) is 0 Å². The van der Waals surface area contributed by atoms with Crippen molar-refractivity contribution in [2.45, 2.75) is 30.9 Å². The molecule has 0 unspecified atom stereocenters. The lowest BCUT2D eigenvalue weighted by atomic mass is 9.82. The number of carbonyl (C=O) groups excluding carboxylic acids is 1. The van der Waals surface area contributed by atoms with Crippen molar-refractivity contribution in [1.29, 1.82) is 0 Å². The molecule has 0 saturated carbocycles. The lowest BCUT2D eigenvalue weighted by Gasteiger charge is -2.31. The molecule has 4 rings (SSSR count). The van der Waals surface area contributed by atoms with Crippen LogP contribution in [0.4, 0.5) is 0 Å². The molecule has 8 nitrogen and oxygen atoms in total. The Kier molecular flexibility index (Phi) is 10.7. The largest absolute Gasteiger partial charge is 0.494 e. The number of nitrogens with zero attached hydrogens (tertiary/aromatic N) is 2. The normalized spacial score (nSPS) is 18.3. The van der Waals surface area contributed by atoms with E-state index in [1.807, 2.05) is 93.0 Å². The highest BCUT2D eigenvalue weighted by Crippen LogP contribution is 2.42. The lowest BCUT2D eigenvalue weighted by molar-refractivity contribution is -0.130. The molecule has 0 radical (unpaired) electrons. The zero-order valence-electron chi connectivity index (χ0n) is 23.0. The Bertz CT molecular complexity index is 1250. The maximum atomic E-state index is 14.1. The van der Waals surface area contributed by atoms with Gasteiger partial charge in [0, 0.05) is 36.0 Å². The van der Waals surface area contributed by atoms with Gasteiger partial charge in [-0.15, -0.1) is 0 Å². The van der Waals surface area contributed by atoms with Crippen molar-refractivity contribution in [3.8, 4) is 5.75 Å². The van der Waals surface area contributed by atoms with E-state index in [9.17, 15) is 4.79 Å². The number of carbonyl (C=O) groups is 1. The third-order valence-corrected chi connectivity index (χ3v) is 7.16. The number of aliphatic imine (C=N–C) groups is 1. The van der Waals surface area contributed by atoms with Crippen LogP contribution >= 0.6 is 15.9 Å². The molecule has 0 aromatic heterocycles. The third kappa shape index (κ3) is 7.69. The summed E-state index contributed by atoms with van der Waals surface area (Å²) in [5, 5.41) is 9.01. The number of halogens is 1. The van der Waals surface area contributed by atoms with Gasteiger partial charge in [0.2, 0.25) is 5.90 Å². The van der Waals surface area contributed by atoms with Crippen molar-refractivity contribution in [3.63, 3.8) is 0 Å². The topological polar surface area (TPSA) is 95.4 Å². The minimum atomic E-state index is -1.25. The Labute approximate surface area is 244 Å². The van der Waals surface area contributed by atoms with Crippen molar-refractivity contribution in [2.24, 2.45) is 4.99 Å². The van der Waals surface area contributed by atoms with E-state index >= 15 is 0 Å². The number of aliphatic hydroxyl groups excluding tert-OH is 1. The van der Waals surface area contributed by atoms with Crippen LogP contribution in [-0.4, -0.2) is 67.7 Å². The number of aliphatic hydroxyl groups is 1. The van der Waals surface area contributed by atoms with E-state index < -0.39 is 11.6 Å². The molecule has 0 fully saturated rings. The molecule has 1 aliphatic heterocycles. The molecule has 1 amide bonds. The predicted molar refractivity (Wildman–Crippen MR) is 160 cm³/mol. The number of benzene rings is 3. The minimum absolute atomic E-state index is 0.0800. The van der Waals surface area contributed by atoms with E-state index in [-0.39, 0.29) is 12.5 Å². The van der Waals surface area contributed by atoms with E-state index in [2.05, 4.69) is 31.7 Å². The van der Waals surface area contributed by atoms with Gasteiger partial charge in [-0.3, -0.25) is 10.2 Å². The number of rotatable bonds is 14. The Morgan fingerprint density at radius 2 is 1.77 bits per heavy atom. The molecule has 0 aliphatic carbocycles. The molecule has 0 bridgehead atoms. The van der Waals surface area contributed by atoms with Gasteiger partial charge >= 0.3 is 0 Å². The maximum absolute atomic E-state index is 14.1. The van der Waals surface area contributed by atoms with Crippen molar-refractivity contribution < 1.29 is 19.4 Å². The highest BCUT2D eigenvalue weighted by Gasteiger charge is 2.53. The van der Waals surface area contributed by atoms with Crippen LogP contribution in [0.1, 0.15) is 35.6 Å². The van der Waals surface area contributed by atoms with Crippen molar-refractivity contribution >= 4 is 27.7 Å². The molecule has 1 heterocycles. The summed E-state index contributed by atoms with van der Waals surface area (Å²) in [6.45, 7) is 2.05. The van der Waals surface area contributed by atoms with Crippen LogP contribution in [0.5, 0.6) is 5.75 Å². The highest BCUT2D eigenvalue weighted by molar-refractivity contribution is 9.10. The van der Waals surface area contributed by atoms with Gasteiger partial charge in [-0.05, 0) is 74.6 Å². The number of hydrogen-bond acceptors (Lipinski definition) is 7. The Morgan fingerprint density at radius 3 is 2.45 bits per heavy atom. The van der Waals surface area contributed by atoms with E-state index in [1.165, 1.54) is 0 Å². The van der Waals surface area contributed by atoms with E-state index in [4.69, 9.17) is 19.6 Å². The molecule has 3 aromatic rings. The maximum Gasteiger partial charge on any atom is 0.266 e. The highest BCUT2D eigenvalue weighted by atomic mass is 79.9. The predicted octanol–water partition coefficient (Wildman–Crippen LogP) is 4.28. The molecule has 0 saturated heterocycles. The van der Waals surface area contributed by atoms with E-state index in [0.29, 0.717) is 37.6 Å². The fourth-order valence-electron chi connectivity index (χ4n) is 4.56. The quantitative estimate of drug-likeness (QED) is 0.187. The molecular weight excluding hydrogens is 572 g/mol. The fraction of sp³-hybridized carbons (Fsp3) is 0.355. The van der Waals surface area contributed by atoms with Gasteiger partial charge < -0.3 is 19.5 Å². The molecule has 3 aromatic carbocycles. The second-order valence-electron chi connectivity index (χ2n) is 10.0. The Morgan fingerprint density at radius 1 is 1.05 bits per heavy atom. The fourth-order valence-corrected chi connectivity index (χ4v) is 4.82. The first-order chi connectivity index (χ1) is 19.4. The van der Waals surface area contributed by atoms with Crippen LogP contribution in [0, 0.1) is 0 Å². The molecule has 1 aliphatic rings. The zero-order chi connectivity index (χ0) is 28.4. The zero-order valence-corrected chi connectivity index (χ0v) is 24.6. The Balaban J connectivity index is 1.68. The van der Waals surface area contributed by atoms with E-state index in [0.717, 1.165) is 34.1 Å². The second-order valence-corrected chi connectivity index (χ2v) is 11.0. The van der Waals surface area contributed by atoms with E-state index in [1.54, 1.807) is 0 Å². The van der Waals surface area contributed by atoms with Crippen LogP contribution in [0.3, 0.4) is 0 Å². The van der Waals surface area contributed by atoms with Crippen LogP contribution in [-0.2, 0) is 16.0 Å². The van der Waals surface area contributed by atoms with Crippen LogP contribution < -0.4 is 15.6 Å². The van der Waals surface area contributed by atoms with Gasteiger partial charge in [0.05, 0.1) is 6.61 Å². The van der Waals surface area contributed by atoms with Crippen molar-refractivity contribution in [2.75, 3.05) is 40.4 Å². The van der Waals surface area contributed by atoms with Gasteiger partial charge in [0.25, 0.3) is 5.91 Å². The summed E-state index contributed by atoms with van der Waals surface area (Å²) in [6.07, 6.45) is 1.15. The second kappa shape index (κ2) is 14.4. The summed E-state index contributed by atoms with van der Waals surface area (Å²) in [7, 11) is 4.05. The number of ether oxygens (including phenoxy) is 2. The summed E-state index contributed by atoms with van der Waals surface area (Å²) in [6, 6.07) is 25.1. The van der Waals surface area contributed by atoms with Crippen molar-refractivity contribution in [1.82, 2.24) is 15.8 Å². The lowest BCUT2D eigenvalue weighted by Crippen LogP contribution is -2.54. The molecule has 9 heteroatoms. The average molecular weight is 610 g/mol. The summed E-state index contributed by atoms with van der Waals surface area (Å²) < 4.78 is 13.2. The third-order valence-electron chi connectivity index (χ3n) is 6.63. The van der Waals surface area contributed by atoms with Crippen molar-refractivity contribution in [3.05, 3.63) is 100 Å². The first-order valence-corrected chi connectivity index (χ1v) is 14.3. The number of nitrogens with one attached hydrogen (secondary N) is 2. The monoisotopic (exact) mass is 608 g/mol. The smallest absolute Gasteiger partial charge is 0.266 e. The molecule has 40 heavy (non-hydrogen) atoms. The molecule has 3 N–H and O–H groups in total. The number of hydrazine groups is 1. The SMILES string of the molecule is CN(C)CCCNNC(=O)[C@@]1(Cc2ccc(Br)cc2)N=C(c2ccc(OCCCO)cc2)O[C@H]1c1ccccc1. The summed E-state index contributed by atoms with van der Waals surface area (Å²) >= 11 is 3.51. The summed E-state index contributed by atoms with van der Waals surface area (Å²) in [5.41, 5.74) is 7.37.